The number of alkyl halides is 4. The van der Waals surface area contributed by atoms with Crippen LogP contribution in [-0.2, 0) is 0 Å². The zero-order valence-electron chi connectivity index (χ0n) is 9.45. The smallest absolute Gasteiger partial charge is 0.428 e. The van der Waals surface area contributed by atoms with Crippen LogP contribution in [0.3, 0.4) is 0 Å². The highest BCUT2D eigenvalue weighted by Crippen LogP contribution is 2.28. The first-order valence-electron chi connectivity index (χ1n) is 5.18. The van der Waals surface area contributed by atoms with Gasteiger partial charge in [0.25, 0.3) is 0 Å². The molecule has 0 saturated heterocycles. The van der Waals surface area contributed by atoms with E-state index < -0.39 is 12.5 Å². The molecule has 0 amide bonds. The van der Waals surface area contributed by atoms with Crippen molar-refractivity contribution in [2.75, 3.05) is 0 Å². The third kappa shape index (κ3) is 3.73. The molecule has 0 aromatic heterocycles. The van der Waals surface area contributed by atoms with E-state index in [2.05, 4.69) is 11.3 Å². The Balaban J connectivity index is 2.74. The summed E-state index contributed by atoms with van der Waals surface area (Å²) in [5, 5.41) is 0. The highest BCUT2D eigenvalue weighted by atomic mass is 19.3. The summed E-state index contributed by atoms with van der Waals surface area (Å²) >= 11 is 0. The van der Waals surface area contributed by atoms with E-state index in [1.165, 1.54) is 24.3 Å². The van der Waals surface area contributed by atoms with Crippen molar-refractivity contribution in [3.63, 3.8) is 0 Å². The number of halogens is 4. The fourth-order valence-corrected chi connectivity index (χ4v) is 1.30. The van der Waals surface area contributed by atoms with Crippen molar-refractivity contribution >= 4 is 0 Å². The number of rotatable bonds is 6. The predicted molar refractivity (Wildman–Crippen MR) is 59.8 cm³/mol. The summed E-state index contributed by atoms with van der Waals surface area (Å²) in [6.45, 7) is 3.52. The Morgan fingerprint density at radius 2 is 1.83 bits per heavy atom. The maximum absolute atomic E-state index is 12.6. The Labute approximate surface area is 102 Å². The van der Waals surface area contributed by atoms with Crippen molar-refractivity contribution < 1.29 is 22.3 Å². The van der Waals surface area contributed by atoms with Gasteiger partial charge in [-0.15, -0.1) is 6.58 Å². The van der Waals surface area contributed by atoms with E-state index in [0.717, 1.165) is 0 Å². The number of hydrogen-bond donors (Lipinski definition) is 1. The first-order chi connectivity index (χ1) is 8.36. The van der Waals surface area contributed by atoms with Gasteiger partial charge in [0.05, 0.1) is 0 Å². The predicted octanol–water partition coefficient (Wildman–Crippen LogP) is 3.50. The zero-order valence-corrected chi connectivity index (χ0v) is 9.45. The third-order valence-electron chi connectivity index (χ3n) is 2.24. The van der Waals surface area contributed by atoms with Crippen LogP contribution in [0.25, 0.3) is 0 Å². The van der Waals surface area contributed by atoms with Crippen LogP contribution in [0.2, 0.25) is 0 Å². The first-order valence-corrected chi connectivity index (χ1v) is 5.18. The van der Waals surface area contributed by atoms with E-state index in [9.17, 15) is 17.6 Å². The molecule has 0 unspecified atom stereocenters. The summed E-state index contributed by atoms with van der Waals surface area (Å²) in [6, 6.07) is 4.94. The fourth-order valence-electron chi connectivity index (χ4n) is 1.30. The van der Waals surface area contributed by atoms with Crippen LogP contribution in [0, 0.1) is 0 Å². The van der Waals surface area contributed by atoms with E-state index in [-0.39, 0.29) is 11.8 Å². The molecule has 0 aliphatic carbocycles. The third-order valence-corrected chi connectivity index (χ3v) is 2.24. The van der Waals surface area contributed by atoms with Crippen molar-refractivity contribution in [1.82, 2.24) is 0 Å². The lowest BCUT2D eigenvalue weighted by Crippen LogP contribution is -2.33. The summed E-state index contributed by atoms with van der Waals surface area (Å²) in [6.07, 6.45) is -6.22. The van der Waals surface area contributed by atoms with Crippen LogP contribution in [-0.4, -0.2) is 12.5 Å². The minimum absolute atomic E-state index is 0.313. The fraction of sp³-hybridized carbons (Fsp3) is 0.333. The molecule has 1 rings (SSSR count). The highest BCUT2D eigenvalue weighted by molar-refractivity contribution is 5.29. The van der Waals surface area contributed by atoms with E-state index >= 15 is 0 Å². The van der Waals surface area contributed by atoms with Crippen LogP contribution < -0.4 is 10.5 Å². The summed E-state index contributed by atoms with van der Waals surface area (Å²) in [4.78, 5) is 0. The van der Waals surface area contributed by atoms with Crippen LogP contribution in [0.15, 0.2) is 36.9 Å². The molecule has 2 nitrogen and oxygen atoms in total. The van der Waals surface area contributed by atoms with Crippen LogP contribution in [0.4, 0.5) is 17.6 Å². The van der Waals surface area contributed by atoms with Gasteiger partial charge in [0.15, 0.2) is 0 Å². The monoisotopic (exact) mass is 263 g/mol. The summed E-state index contributed by atoms with van der Waals surface area (Å²) in [7, 11) is 0. The number of nitrogens with two attached hydrogens (primary N) is 1. The normalized spacial score (nSPS) is 13.4. The quantitative estimate of drug-likeness (QED) is 0.629. The maximum Gasteiger partial charge on any atom is 0.461 e. The topological polar surface area (TPSA) is 35.2 Å². The Morgan fingerprint density at radius 3 is 2.28 bits per heavy atom. The maximum atomic E-state index is 12.6. The largest absolute Gasteiger partial charge is 0.461 e. The van der Waals surface area contributed by atoms with Crippen molar-refractivity contribution in [3.05, 3.63) is 42.5 Å². The molecule has 0 fully saturated rings. The Bertz CT molecular complexity index is 392. The molecule has 1 aromatic carbocycles. The van der Waals surface area contributed by atoms with Gasteiger partial charge in [-0.2, -0.15) is 17.6 Å². The molecule has 1 aromatic rings. The Hall–Kier alpha value is -1.56. The second-order valence-corrected chi connectivity index (χ2v) is 3.66. The van der Waals surface area contributed by atoms with Crippen molar-refractivity contribution in [2.24, 2.45) is 5.73 Å². The van der Waals surface area contributed by atoms with Gasteiger partial charge in [-0.05, 0) is 24.1 Å². The van der Waals surface area contributed by atoms with Crippen LogP contribution in [0.5, 0.6) is 5.75 Å². The lowest BCUT2D eigenvalue weighted by molar-refractivity contribution is -0.253. The molecule has 0 spiro atoms. The molecule has 0 saturated carbocycles. The van der Waals surface area contributed by atoms with E-state index in [1.807, 2.05) is 0 Å². The van der Waals surface area contributed by atoms with E-state index in [1.54, 1.807) is 6.08 Å². The van der Waals surface area contributed by atoms with Gasteiger partial charge in [-0.3, -0.25) is 0 Å². The molecule has 0 radical (unpaired) electrons. The molecular formula is C12H13F4NO. The average Bonchev–Trinajstić information content (AvgIpc) is 2.29. The zero-order chi connectivity index (χ0) is 13.8. The Morgan fingerprint density at radius 1 is 1.28 bits per heavy atom. The van der Waals surface area contributed by atoms with Gasteiger partial charge in [0.1, 0.15) is 5.75 Å². The summed E-state index contributed by atoms with van der Waals surface area (Å²) in [5.74, 6) is -0.338. The molecule has 6 heteroatoms. The standard InChI is InChI=1S/C12H13F4NO/c1-2-3-10(17)8-4-6-9(7-5-8)18-12(15,16)11(13)14/h2,4-7,10-11H,1,3,17H2/t10-/m1/s1. The average molecular weight is 263 g/mol. The molecule has 2 N–H and O–H groups in total. The van der Waals surface area contributed by atoms with Crippen molar-refractivity contribution in [3.8, 4) is 5.75 Å². The summed E-state index contributed by atoms with van der Waals surface area (Å²) in [5.41, 5.74) is 6.43. The van der Waals surface area contributed by atoms with Gasteiger partial charge in [0, 0.05) is 6.04 Å². The molecule has 1 atom stereocenters. The molecule has 0 heterocycles. The van der Waals surface area contributed by atoms with Gasteiger partial charge in [0.2, 0.25) is 0 Å². The Kier molecular flexibility index (Phi) is 4.72. The number of benzene rings is 1. The van der Waals surface area contributed by atoms with Crippen LogP contribution in [0.1, 0.15) is 18.0 Å². The minimum atomic E-state index is -4.50. The molecular weight excluding hydrogens is 250 g/mol. The SMILES string of the molecule is C=CC[C@@H](N)c1ccc(OC(F)(F)C(F)F)cc1. The lowest BCUT2D eigenvalue weighted by Gasteiger charge is -2.17. The lowest BCUT2D eigenvalue weighted by atomic mass is 10.0. The molecule has 0 aliphatic heterocycles. The van der Waals surface area contributed by atoms with Crippen LogP contribution >= 0.6 is 0 Å². The molecule has 0 bridgehead atoms. The van der Waals surface area contributed by atoms with Gasteiger partial charge < -0.3 is 10.5 Å². The first kappa shape index (κ1) is 14.5. The van der Waals surface area contributed by atoms with Crippen molar-refractivity contribution in [1.29, 1.82) is 0 Å². The van der Waals surface area contributed by atoms with Crippen molar-refractivity contribution in [2.45, 2.75) is 25.0 Å². The van der Waals surface area contributed by atoms with Gasteiger partial charge >= 0.3 is 12.5 Å². The van der Waals surface area contributed by atoms with Gasteiger partial charge in [-0.25, -0.2) is 0 Å². The minimum Gasteiger partial charge on any atom is -0.428 e. The van der Waals surface area contributed by atoms with Gasteiger partial charge in [-0.1, -0.05) is 18.2 Å². The molecule has 0 aliphatic rings. The number of hydrogen-bond acceptors (Lipinski definition) is 2. The number of ether oxygens (including phenoxy) is 1. The summed E-state index contributed by atoms with van der Waals surface area (Å²) < 4.78 is 52.9. The second-order valence-electron chi connectivity index (χ2n) is 3.66. The molecule has 100 valence electrons. The second kappa shape index (κ2) is 5.86. The molecule has 18 heavy (non-hydrogen) atoms. The van der Waals surface area contributed by atoms with E-state index in [4.69, 9.17) is 5.73 Å². The highest BCUT2D eigenvalue weighted by Gasteiger charge is 2.43. The van der Waals surface area contributed by atoms with E-state index in [0.29, 0.717) is 12.0 Å².